The smallest absolute Gasteiger partial charge is 0.337 e. The van der Waals surface area contributed by atoms with Crippen LogP contribution in [0.3, 0.4) is 0 Å². The van der Waals surface area contributed by atoms with Crippen molar-refractivity contribution in [3.8, 4) is 5.75 Å². The maximum atomic E-state index is 13.0. The molecule has 0 spiro atoms. The number of nitrogens with zero attached hydrogens (tertiary/aromatic N) is 1. The van der Waals surface area contributed by atoms with Crippen molar-refractivity contribution in [2.75, 3.05) is 7.11 Å². The lowest BCUT2D eigenvalue weighted by molar-refractivity contribution is 0.0692. The molecule has 2 aromatic rings. The van der Waals surface area contributed by atoms with Crippen LogP contribution in [0.15, 0.2) is 35.1 Å². The predicted octanol–water partition coefficient (Wildman–Crippen LogP) is 3.43. The van der Waals surface area contributed by atoms with Gasteiger partial charge in [0, 0.05) is 24.2 Å². The van der Waals surface area contributed by atoms with Crippen LogP contribution in [0.5, 0.6) is 5.75 Å². The van der Waals surface area contributed by atoms with E-state index in [1.807, 2.05) is 31.2 Å². The summed E-state index contributed by atoms with van der Waals surface area (Å²) in [6.45, 7) is 2.63. The summed E-state index contributed by atoms with van der Waals surface area (Å²) in [5, 5.41) is 9.70. The van der Waals surface area contributed by atoms with E-state index >= 15 is 0 Å². The highest BCUT2D eigenvalue weighted by atomic mass is 16.5. The molecule has 5 nitrogen and oxygen atoms in total. The third-order valence-corrected chi connectivity index (χ3v) is 5.02. The molecule has 0 radical (unpaired) electrons. The molecule has 1 aliphatic rings. The fourth-order valence-electron chi connectivity index (χ4n) is 3.78. The summed E-state index contributed by atoms with van der Waals surface area (Å²) in [7, 11) is 1.59. The summed E-state index contributed by atoms with van der Waals surface area (Å²) in [4.78, 5) is 24.8. The molecule has 1 unspecified atom stereocenters. The van der Waals surface area contributed by atoms with E-state index in [4.69, 9.17) is 4.74 Å². The van der Waals surface area contributed by atoms with E-state index in [0.717, 1.165) is 24.8 Å². The molecule has 25 heavy (non-hydrogen) atoms. The molecule has 0 aliphatic carbocycles. The first-order valence-electron chi connectivity index (χ1n) is 8.68. The number of ether oxygens (including phenoxy) is 1. The molecule has 1 aromatic carbocycles. The van der Waals surface area contributed by atoms with Gasteiger partial charge < -0.3 is 14.4 Å². The summed E-state index contributed by atoms with van der Waals surface area (Å²) in [6, 6.07) is 9.07. The van der Waals surface area contributed by atoms with Crippen LogP contribution in [0.25, 0.3) is 0 Å². The molecule has 5 heteroatoms. The number of aromatic nitrogens is 1. The third kappa shape index (κ3) is 3.18. The maximum Gasteiger partial charge on any atom is 0.337 e. The van der Waals surface area contributed by atoms with Crippen LogP contribution in [0.1, 0.15) is 59.3 Å². The zero-order valence-corrected chi connectivity index (χ0v) is 14.6. The zero-order valence-electron chi connectivity index (χ0n) is 14.6. The van der Waals surface area contributed by atoms with Gasteiger partial charge >= 0.3 is 5.97 Å². The number of pyridine rings is 1. The minimum absolute atomic E-state index is 0.0796. The van der Waals surface area contributed by atoms with Gasteiger partial charge in [-0.25, -0.2) is 4.79 Å². The van der Waals surface area contributed by atoms with Crippen LogP contribution in [0.4, 0.5) is 0 Å². The number of para-hydroxylation sites is 1. The third-order valence-electron chi connectivity index (χ3n) is 5.02. The normalized spacial score (nSPS) is 16.3. The number of methoxy groups -OCH3 is 1. The fourth-order valence-corrected chi connectivity index (χ4v) is 3.78. The monoisotopic (exact) mass is 341 g/mol. The lowest BCUT2D eigenvalue weighted by Crippen LogP contribution is -2.33. The molecule has 0 amide bonds. The van der Waals surface area contributed by atoms with E-state index < -0.39 is 5.97 Å². The van der Waals surface area contributed by atoms with Crippen LogP contribution < -0.4 is 10.3 Å². The molecule has 0 fully saturated rings. The highest BCUT2D eigenvalue weighted by Crippen LogP contribution is 2.32. The minimum atomic E-state index is -0.967. The Morgan fingerprint density at radius 1 is 1.32 bits per heavy atom. The Morgan fingerprint density at radius 2 is 2.08 bits per heavy atom. The Bertz CT molecular complexity index is 853. The van der Waals surface area contributed by atoms with Gasteiger partial charge in [-0.2, -0.15) is 0 Å². The highest BCUT2D eigenvalue weighted by molar-refractivity contribution is 5.89. The van der Waals surface area contributed by atoms with Crippen molar-refractivity contribution in [2.45, 2.75) is 45.1 Å². The Hall–Kier alpha value is -2.56. The van der Waals surface area contributed by atoms with Crippen molar-refractivity contribution in [2.24, 2.45) is 0 Å². The van der Waals surface area contributed by atoms with Gasteiger partial charge in [0.2, 0.25) is 0 Å². The summed E-state index contributed by atoms with van der Waals surface area (Å²) in [5.74, 6) is -0.133. The Balaban J connectivity index is 2.14. The van der Waals surface area contributed by atoms with Crippen molar-refractivity contribution in [3.05, 3.63) is 63.1 Å². The zero-order chi connectivity index (χ0) is 18.0. The Kier molecular flexibility index (Phi) is 4.93. The first-order valence-corrected chi connectivity index (χ1v) is 8.68. The minimum Gasteiger partial charge on any atom is -0.496 e. The van der Waals surface area contributed by atoms with E-state index in [-0.39, 0.29) is 17.0 Å². The van der Waals surface area contributed by atoms with Crippen LogP contribution >= 0.6 is 0 Å². The number of rotatable bonds is 5. The quantitative estimate of drug-likeness (QED) is 0.904. The van der Waals surface area contributed by atoms with Gasteiger partial charge in [-0.3, -0.25) is 4.79 Å². The van der Waals surface area contributed by atoms with Crippen LogP contribution in [-0.2, 0) is 13.0 Å². The summed E-state index contributed by atoms with van der Waals surface area (Å²) in [6.07, 6.45) is 3.04. The van der Waals surface area contributed by atoms with E-state index in [2.05, 4.69) is 0 Å². The van der Waals surface area contributed by atoms with Gasteiger partial charge in [0.25, 0.3) is 5.56 Å². The second-order valence-corrected chi connectivity index (χ2v) is 6.47. The number of hydrogen-bond acceptors (Lipinski definition) is 3. The molecule has 0 bridgehead atoms. The molecule has 1 N–H and O–H groups in total. The fraction of sp³-hybridized carbons (Fsp3) is 0.400. The highest BCUT2D eigenvalue weighted by Gasteiger charge is 2.27. The molecular formula is C20H23NO4. The van der Waals surface area contributed by atoms with Crippen molar-refractivity contribution < 1.29 is 14.6 Å². The van der Waals surface area contributed by atoms with Crippen LogP contribution in [-0.4, -0.2) is 22.8 Å². The number of benzene rings is 1. The van der Waals surface area contributed by atoms with E-state index in [0.29, 0.717) is 30.0 Å². The van der Waals surface area contributed by atoms with Crippen molar-refractivity contribution in [1.29, 1.82) is 0 Å². The first kappa shape index (κ1) is 17.3. The maximum absolute atomic E-state index is 13.0. The van der Waals surface area contributed by atoms with Crippen molar-refractivity contribution >= 4 is 5.97 Å². The van der Waals surface area contributed by atoms with Gasteiger partial charge in [0.1, 0.15) is 5.75 Å². The van der Waals surface area contributed by atoms with Gasteiger partial charge in [0.15, 0.2) is 0 Å². The lowest BCUT2D eigenvalue weighted by atomic mass is 9.88. The predicted molar refractivity (Wildman–Crippen MR) is 95.7 cm³/mol. The average Bonchev–Trinajstić information content (AvgIpc) is 2.63. The number of fused-ring (bicyclic) bond motifs is 1. The molecular weight excluding hydrogens is 318 g/mol. The SMILES string of the molecule is CCC1CCCn2c1c(C(=O)O)cc(Cc1ccccc1OC)c2=O. The molecule has 2 heterocycles. The van der Waals surface area contributed by atoms with Gasteiger partial charge in [-0.1, -0.05) is 25.1 Å². The first-order chi connectivity index (χ1) is 12.1. The molecule has 0 saturated carbocycles. The molecule has 1 atom stereocenters. The molecule has 0 saturated heterocycles. The Labute approximate surface area is 146 Å². The number of carbonyl (C=O) groups is 1. The second-order valence-electron chi connectivity index (χ2n) is 6.47. The summed E-state index contributed by atoms with van der Waals surface area (Å²) >= 11 is 0. The number of aromatic carboxylic acids is 1. The summed E-state index contributed by atoms with van der Waals surface area (Å²) < 4.78 is 7.04. The van der Waals surface area contributed by atoms with E-state index in [9.17, 15) is 14.7 Å². The lowest BCUT2D eigenvalue weighted by Gasteiger charge is -2.28. The molecule has 132 valence electrons. The van der Waals surface area contributed by atoms with Gasteiger partial charge in [-0.15, -0.1) is 0 Å². The Morgan fingerprint density at radius 3 is 2.76 bits per heavy atom. The average molecular weight is 341 g/mol. The number of carboxylic acid groups (broad SMARTS) is 1. The molecule has 1 aliphatic heterocycles. The second kappa shape index (κ2) is 7.13. The topological polar surface area (TPSA) is 68.5 Å². The number of carboxylic acids is 1. The molecule has 3 rings (SSSR count). The number of hydrogen-bond donors (Lipinski definition) is 1. The standard InChI is InChI=1S/C20H23NO4/c1-3-13-8-6-10-21-18(13)16(20(23)24)12-15(19(21)22)11-14-7-4-5-9-17(14)25-2/h4-5,7,9,12-13H,3,6,8,10-11H2,1-2H3,(H,23,24). The molecule has 1 aromatic heterocycles. The van der Waals surface area contributed by atoms with E-state index in [1.54, 1.807) is 17.7 Å². The van der Waals surface area contributed by atoms with Crippen LogP contribution in [0.2, 0.25) is 0 Å². The van der Waals surface area contributed by atoms with Gasteiger partial charge in [0.05, 0.1) is 12.7 Å². The summed E-state index contributed by atoms with van der Waals surface area (Å²) in [5.41, 5.74) is 2.25. The van der Waals surface area contributed by atoms with Crippen LogP contribution in [0, 0.1) is 0 Å². The van der Waals surface area contributed by atoms with E-state index in [1.165, 1.54) is 0 Å². The van der Waals surface area contributed by atoms with Crippen molar-refractivity contribution in [3.63, 3.8) is 0 Å². The largest absolute Gasteiger partial charge is 0.496 e. The van der Waals surface area contributed by atoms with Crippen molar-refractivity contribution in [1.82, 2.24) is 4.57 Å². The van der Waals surface area contributed by atoms with Gasteiger partial charge in [-0.05, 0) is 42.9 Å².